The molecule has 0 bridgehead atoms. The van der Waals surface area contributed by atoms with Gasteiger partial charge in [0.2, 0.25) is 0 Å². The molecule has 3 atom stereocenters. The Morgan fingerprint density at radius 2 is 0.574 bits per heavy atom. The summed E-state index contributed by atoms with van der Waals surface area (Å²) >= 11 is 0. The summed E-state index contributed by atoms with van der Waals surface area (Å²) in [6.45, 7) is 11.4. The number of carbonyl (C=O) groups excluding carboxylic acids is 3. The van der Waals surface area contributed by atoms with Gasteiger partial charge in [0.25, 0.3) is 0 Å². The fourth-order valence-corrected chi connectivity index (χ4v) is 8.28. The van der Waals surface area contributed by atoms with Crippen LogP contribution in [0.25, 0.3) is 0 Å². The van der Waals surface area contributed by atoms with E-state index in [4.69, 9.17) is 14.2 Å². The molecular formula is C55H106O6. The first-order chi connectivity index (χ1) is 29.8. The summed E-state index contributed by atoms with van der Waals surface area (Å²) in [5.74, 6) is 0.918. The van der Waals surface area contributed by atoms with Gasteiger partial charge in [-0.2, -0.15) is 0 Å². The molecule has 2 unspecified atom stereocenters. The van der Waals surface area contributed by atoms with Crippen molar-refractivity contribution in [3.63, 3.8) is 0 Å². The van der Waals surface area contributed by atoms with Crippen LogP contribution in [0, 0.1) is 11.8 Å². The number of esters is 3. The van der Waals surface area contributed by atoms with Crippen LogP contribution in [0.3, 0.4) is 0 Å². The molecule has 0 aromatic heterocycles. The molecule has 362 valence electrons. The zero-order valence-corrected chi connectivity index (χ0v) is 41.8. The van der Waals surface area contributed by atoms with Crippen molar-refractivity contribution in [1.82, 2.24) is 0 Å². The summed E-state index contributed by atoms with van der Waals surface area (Å²) in [6, 6.07) is 0. The maximum Gasteiger partial charge on any atom is 0.306 e. The third-order valence-electron chi connectivity index (χ3n) is 13.2. The molecule has 0 aliphatic rings. The van der Waals surface area contributed by atoms with E-state index in [2.05, 4.69) is 34.6 Å². The predicted molar refractivity (Wildman–Crippen MR) is 261 cm³/mol. The minimum Gasteiger partial charge on any atom is -0.462 e. The van der Waals surface area contributed by atoms with Gasteiger partial charge in [0.15, 0.2) is 6.10 Å². The van der Waals surface area contributed by atoms with E-state index >= 15 is 0 Å². The lowest BCUT2D eigenvalue weighted by Crippen LogP contribution is -2.30. The SMILES string of the molecule is CCCCCCCCCCCCCC(=O)OC[C@@H](COC(=O)CCCCCCCCCCCCCCCCC(C)CC)OC(=O)CCCCCCCCCCCCC(C)CC. The highest BCUT2D eigenvalue weighted by atomic mass is 16.6. The largest absolute Gasteiger partial charge is 0.462 e. The number of rotatable bonds is 49. The minimum absolute atomic E-state index is 0.0633. The zero-order chi connectivity index (χ0) is 44.7. The Labute approximate surface area is 380 Å². The molecular weight excluding hydrogens is 757 g/mol. The lowest BCUT2D eigenvalue weighted by atomic mass is 9.99. The highest BCUT2D eigenvalue weighted by Crippen LogP contribution is 2.18. The van der Waals surface area contributed by atoms with Crippen molar-refractivity contribution in [2.24, 2.45) is 11.8 Å². The van der Waals surface area contributed by atoms with Gasteiger partial charge in [0.05, 0.1) is 0 Å². The third-order valence-corrected chi connectivity index (χ3v) is 13.2. The van der Waals surface area contributed by atoms with Gasteiger partial charge in [-0.1, -0.05) is 266 Å². The molecule has 61 heavy (non-hydrogen) atoms. The van der Waals surface area contributed by atoms with Gasteiger partial charge in [-0.05, 0) is 31.1 Å². The topological polar surface area (TPSA) is 78.9 Å². The molecule has 0 fully saturated rings. The van der Waals surface area contributed by atoms with Crippen molar-refractivity contribution in [3.8, 4) is 0 Å². The van der Waals surface area contributed by atoms with Crippen LogP contribution in [0.1, 0.15) is 304 Å². The summed E-state index contributed by atoms with van der Waals surface area (Å²) < 4.78 is 16.8. The van der Waals surface area contributed by atoms with Gasteiger partial charge in [-0.15, -0.1) is 0 Å². The first kappa shape index (κ1) is 59.4. The average Bonchev–Trinajstić information content (AvgIpc) is 3.26. The smallest absolute Gasteiger partial charge is 0.306 e. The summed E-state index contributed by atoms with van der Waals surface area (Å²) in [6.07, 6.45) is 49.3. The Hall–Kier alpha value is -1.59. The van der Waals surface area contributed by atoms with Gasteiger partial charge >= 0.3 is 17.9 Å². The van der Waals surface area contributed by atoms with E-state index in [0.29, 0.717) is 19.3 Å². The highest BCUT2D eigenvalue weighted by Gasteiger charge is 2.19. The Morgan fingerprint density at radius 1 is 0.328 bits per heavy atom. The molecule has 0 heterocycles. The molecule has 0 rings (SSSR count). The Bertz CT molecular complexity index is 935. The Kier molecular flexibility index (Phi) is 46.6. The molecule has 0 spiro atoms. The van der Waals surface area contributed by atoms with Crippen LogP contribution in [-0.2, 0) is 28.6 Å². The van der Waals surface area contributed by atoms with Crippen LogP contribution >= 0.6 is 0 Å². The molecule has 0 aliphatic carbocycles. The molecule has 0 aromatic rings. The van der Waals surface area contributed by atoms with Gasteiger partial charge in [0, 0.05) is 19.3 Å². The van der Waals surface area contributed by atoms with E-state index < -0.39 is 6.10 Å². The van der Waals surface area contributed by atoms with Crippen LogP contribution in [-0.4, -0.2) is 37.2 Å². The second-order valence-electron chi connectivity index (χ2n) is 19.4. The van der Waals surface area contributed by atoms with E-state index in [9.17, 15) is 14.4 Å². The number of unbranched alkanes of at least 4 members (excludes halogenated alkanes) is 32. The normalized spacial score (nSPS) is 12.9. The molecule has 6 heteroatoms. The number of hydrogen-bond acceptors (Lipinski definition) is 6. The average molecular weight is 863 g/mol. The van der Waals surface area contributed by atoms with Crippen LogP contribution in [0.4, 0.5) is 0 Å². The molecule has 0 aromatic carbocycles. The lowest BCUT2D eigenvalue weighted by Gasteiger charge is -2.18. The second-order valence-corrected chi connectivity index (χ2v) is 19.4. The van der Waals surface area contributed by atoms with E-state index in [-0.39, 0.29) is 31.1 Å². The van der Waals surface area contributed by atoms with Gasteiger partial charge < -0.3 is 14.2 Å². The fourth-order valence-electron chi connectivity index (χ4n) is 8.28. The Morgan fingerprint density at radius 3 is 0.852 bits per heavy atom. The molecule has 6 nitrogen and oxygen atoms in total. The third kappa shape index (κ3) is 46.2. The highest BCUT2D eigenvalue weighted by molar-refractivity contribution is 5.71. The van der Waals surface area contributed by atoms with Crippen molar-refractivity contribution in [2.75, 3.05) is 13.2 Å². The van der Waals surface area contributed by atoms with Crippen LogP contribution < -0.4 is 0 Å². The first-order valence-electron chi connectivity index (χ1n) is 27.3. The quantitative estimate of drug-likeness (QED) is 0.0344. The van der Waals surface area contributed by atoms with Gasteiger partial charge in [0.1, 0.15) is 13.2 Å². The summed E-state index contributed by atoms with van der Waals surface area (Å²) in [5.41, 5.74) is 0. The van der Waals surface area contributed by atoms with Crippen molar-refractivity contribution in [2.45, 2.75) is 310 Å². The molecule has 0 saturated carbocycles. The molecule has 0 aliphatic heterocycles. The van der Waals surface area contributed by atoms with Gasteiger partial charge in [-0.3, -0.25) is 14.4 Å². The van der Waals surface area contributed by atoms with Crippen LogP contribution in [0.15, 0.2) is 0 Å². The fraction of sp³-hybridized carbons (Fsp3) is 0.945. The van der Waals surface area contributed by atoms with Crippen LogP contribution in [0.2, 0.25) is 0 Å². The summed E-state index contributed by atoms with van der Waals surface area (Å²) in [5, 5.41) is 0. The molecule has 0 N–H and O–H groups in total. The maximum absolute atomic E-state index is 12.8. The monoisotopic (exact) mass is 863 g/mol. The lowest BCUT2D eigenvalue weighted by molar-refractivity contribution is -0.167. The van der Waals surface area contributed by atoms with Crippen LogP contribution in [0.5, 0.6) is 0 Å². The van der Waals surface area contributed by atoms with Crippen molar-refractivity contribution < 1.29 is 28.6 Å². The number of ether oxygens (including phenoxy) is 3. The molecule has 0 radical (unpaired) electrons. The van der Waals surface area contributed by atoms with E-state index in [1.54, 1.807) is 0 Å². The van der Waals surface area contributed by atoms with E-state index in [1.165, 1.54) is 193 Å². The maximum atomic E-state index is 12.8. The van der Waals surface area contributed by atoms with E-state index in [1.807, 2.05) is 0 Å². The second kappa shape index (κ2) is 47.9. The molecule has 0 saturated heterocycles. The Balaban J connectivity index is 4.28. The summed E-state index contributed by atoms with van der Waals surface area (Å²) in [4.78, 5) is 38.0. The molecule has 0 amide bonds. The first-order valence-corrected chi connectivity index (χ1v) is 27.3. The number of carbonyl (C=O) groups is 3. The van der Waals surface area contributed by atoms with Crippen molar-refractivity contribution >= 4 is 17.9 Å². The van der Waals surface area contributed by atoms with Gasteiger partial charge in [-0.25, -0.2) is 0 Å². The zero-order valence-electron chi connectivity index (χ0n) is 41.8. The van der Waals surface area contributed by atoms with Crippen molar-refractivity contribution in [3.05, 3.63) is 0 Å². The number of hydrogen-bond donors (Lipinski definition) is 0. The summed E-state index contributed by atoms with van der Waals surface area (Å²) in [7, 11) is 0. The van der Waals surface area contributed by atoms with E-state index in [0.717, 1.165) is 69.6 Å². The predicted octanol–water partition coefficient (Wildman–Crippen LogP) is 17.7. The minimum atomic E-state index is -0.762. The standard InChI is InChI=1S/C55H106O6/c1-6-9-10-11-12-13-18-25-30-35-40-45-53(56)59-48-52(61-55(58)47-42-37-32-27-22-21-24-29-34-39-44-51(5)8-3)49-60-54(57)46-41-36-31-26-20-17-15-14-16-19-23-28-33-38-43-50(4)7-2/h50-52H,6-49H2,1-5H3/t50?,51?,52-/m0/s1. The van der Waals surface area contributed by atoms with Crippen molar-refractivity contribution in [1.29, 1.82) is 0 Å².